The highest BCUT2D eigenvalue weighted by Crippen LogP contribution is 2.30. The van der Waals surface area contributed by atoms with Gasteiger partial charge >= 0.3 is 6.18 Å². The highest BCUT2D eigenvalue weighted by molar-refractivity contribution is 8.01. The molecule has 0 aliphatic rings. The number of carbonyl (C=O) groups excluding carboxylic acids is 1. The summed E-state index contributed by atoms with van der Waals surface area (Å²) in [6, 6.07) is 12.1. The van der Waals surface area contributed by atoms with Crippen LogP contribution in [0.3, 0.4) is 0 Å². The molecule has 0 bridgehead atoms. The highest BCUT2D eigenvalue weighted by Gasteiger charge is 2.29. The number of halogens is 3. The minimum Gasteiger partial charge on any atom is -0.325 e. The van der Waals surface area contributed by atoms with Crippen LogP contribution >= 0.6 is 23.3 Å². The molecule has 0 saturated heterocycles. The van der Waals surface area contributed by atoms with Crippen LogP contribution in [0.1, 0.15) is 11.1 Å². The summed E-state index contributed by atoms with van der Waals surface area (Å²) in [6.45, 7) is 1.98. The van der Waals surface area contributed by atoms with Crippen LogP contribution in [0.15, 0.2) is 52.9 Å². The van der Waals surface area contributed by atoms with E-state index in [1.54, 1.807) is 0 Å². The molecule has 3 aromatic rings. The lowest BCUT2D eigenvalue weighted by Gasteiger charge is -2.08. The summed E-state index contributed by atoms with van der Waals surface area (Å²) in [6.07, 6.45) is -4.40. The van der Waals surface area contributed by atoms with Gasteiger partial charge in [0.1, 0.15) is 0 Å². The number of aromatic nitrogens is 2. The Kier molecular flexibility index (Phi) is 5.81. The maximum atomic E-state index is 12.5. The van der Waals surface area contributed by atoms with E-state index in [0.29, 0.717) is 15.9 Å². The molecule has 0 unspecified atom stereocenters. The van der Waals surface area contributed by atoms with Crippen LogP contribution in [0.25, 0.3) is 11.4 Å². The zero-order valence-corrected chi connectivity index (χ0v) is 15.7. The summed E-state index contributed by atoms with van der Waals surface area (Å²) in [4.78, 5) is 16.4. The van der Waals surface area contributed by atoms with Gasteiger partial charge in [-0.15, -0.1) is 0 Å². The Morgan fingerprint density at radius 1 is 1.19 bits per heavy atom. The molecule has 27 heavy (non-hydrogen) atoms. The van der Waals surface area contributed by atoms with Gasteiger partial charge in [0.25, 0.3) is 0 Å². The van der Waals surface area contributed by atoms with Gasteiger partial charge in [0, 0.05) is 11.3 Å². The van der Waals surface area contributed by atoms with E-state index in [4.69, 9.17) is 0 Å². The molecule has 140 valence electrons. The normalized spacial score (nSPS) is 11.4. The van der Waals surface area contributed by atoms with Crippen LogP contribution < -0.4 is 5.32 Å². The number of hydrogen-bond donors (Lipinski definition) is 1. The number of anilines is 1. The first-order chi connectivity index (χ1) is 12.8. The average Bonchev–Trinajstić information content (AvgIpc) is 3.09. The van der Waals surface area contributed by atoms with Gasteiger partial charge in [0.05, 0.1) is 11.3 Å². The molecule has 2 aromatic carbocycles. The monoisotopic (exact) mass is 409 g/mol. The molecule has 1 N–H and O–H groups in total. The maximum absolute atomic E-state index is 12.5. The molecular formula is C18H14F3N3OS2. The second-order valence-corrected chi connectivity index (χ2v) is 7.64. The van der Waals surface area contributed by atoms with E-state index >= 15 is 0 Å². The number of aryl methyl sites for hydroxylation is 1. The maximum Gasteiger partial charge on any atom is 0.416 e. The average molecular weight is 409 g/mol. The lowest BCUT2D eigenvalue weighted by atomic mass is 10.1. The van der Waals surface area contributed by atoms with E-state index in [1.165, 1.54) is 35.4 Å². The van der Waals surface area contributed by atoms with Crippen molar-refractivity contribution in [2.24, 2.45) is 0 Å². The predicted octanol–water partition coefficient (Wildman–Crippen LogP) is 5.26. The Morgan fingerprint density at radius 2 is 1.93 bits per heavy atom. The van der Waals surface area contributed by atoms with E-state index in [2.05, 4.69) is 14.7 Å². The second kappa shape index (κ2) is 8.10. The molecule has 0 atom stereocenters. The number of thioether (sulfide) groups is 1. The van der Waals surface area contributed by atoms with Crippen LogP contribution in [-0.4, -0.2) is 21.0 Å². The Bertz CT molecular complexity index is 940. The SMILES string of the molecule is Cc1cccc(-c2nsc(SCC(=O)Nc3ccc(C(F)(F)F)cc3)n2)c1. The molecular weight excluding hydrogens is 395 g/mol. The summed E-state index contributed by atoms with van der Waals surface area (Å²) < 4.78 is 42.5. The molecule has 0 radical (unpaired) electrons. The minimum absolute atomic E-state index is 0.0868. The van der Waals surface area contributed by atoms with Gasteiger partial charge in [0.2, 0.25) is 5.91 Å². The highest BCUT2D eigenvalue weighted by atomic mass is 32.2. The quantitative estimate of drug-likeness (QED) is 0.584. The van der Waals surface area contributed by atoms with Gasteiger partial charge in [-0.3, -0.25) is 4.79 Å². The van der Waals surface area contributed by atoms with E-state index < -0.39 is 11.7 Å². The summed E-state index contributed by atoms with van der Waals surface area (Å²) in [5, 5.41) is 2.57. The molecule has 0 spiro atoms. The number of alkyl halides is 3. The lowest BCUT2D eigenvalue weighted by molar-refractivity contribution is -0.137. The van der Waals surface area contributed by atoms with Crippen molar-refractivity contribution in [2.75, 3.05) is 11.1 Å². The summed E-state index contributed by atoms with van der Waals surface area (Å²) in [7, 11) is 0. The smallest absolute Gasteiger partial charge is 0.325 e. The van der Waals surface area contributed by atoms with E-state index in [-0.39, 0.29) is 11.7 Å². The Hall–Kier alpha value is -2.39. The van der Waals surface area contributed by atoms with Crippen molar-refractivity contribution < 1.29 is 18.0 Å². The molecule has 1 aromatic heterocycles. The fraction of sp³-hybridized carbons (Fsp3) is 0.167. The number of rotatable bonds is 5. The summed E-state index contributed by atoms with van der Waals surface area (Å²) >= 11 is 2.43. The number of hydrogen-bond acceptors (Lipinski definition) is 5. The Morgan fingerprint density at radius 3 is 2.59 bits per heavy atom. The van der Waals surface area contributed by atoms with E-state index in [0.717, 1.165) is 23.3 Å². The molecule has 0 aliphatic carbocycles. The van der Waals surface area contributed by atoms with Crippen molar-refractivity contribution >= 4 is 34.9 Å². The lowest BCUT2D eigenvalue weighted by Crippen LogP contribution is -2.14. The number of nitrogens with one attached hydrogen (secondary N) is 1. The van der Waals surface area contributed by atoms with Gasteiger partial charge in [0.15, 0.2) is 10.2 Å². The van der Waals surface area contributed by atoms with Crippen molar-refractivity contribution in [3.63, 3.8) is 0 Å². The summed E-state index contributed by atoms with van der Waals surface area (Å²) in [5.74, 6) is 0.366. The van der Waals surface area contributed by atoms with Crippen molar-refractivity contribution in [1.82, 2.24) is 9.36 Å². The molecule has 1 amide bonds. The third-order valence-electron chi connectivity index (χ3n) is 3.51. The van der Waals surface area contributed by atoms with Gasteiger partial charge in [-0.25, -0.2) is 4.98 Å². The van der Waals surface area contributed by atoms with Gasteiger partial charge in [-0.05, 0) is 48.8 Å². The first-order valence-corrected chi connectivity index (χ1v) is 9.58. The summed E-state index contributed by atoms with van der Waals surface area (Å²) in [5.41, 5.74) is 1.57. The fourth-order valence-electron chi connectivity index (χ4n) is 2.24. The third-order valence-corrected chi connectivity index (χ3v) is 5.34. The largest absolute Gasteiger partial charge is 0.416 e. The number of nitrogens with zero attached hydrogens (tertiary/aromatic N) is 2. The topological polar surface area (TPSA) is 54.9 Å². The van der Waals surface area contributed by atoms with E-state index in [9.17, 15) is 18.0 Å². The predicted molar refractivity (Wildman–Crippen MR) is 101 cm³/mol. The van der Waals surface area contributed by atoms with Crippen LogP contribution in [0, 0.1) is 6.92 Å². The first-order valence-electron chi connectivity index (χ1n) is 7.82. The number of benzene rings is 2. The molecule has 4 nitrogen and oxygen atoms in total. The zero-order valence-electron chi connectivity index (χ0n) is 14.1. The molecule has 0 aliphatic heterocycles. The van der Waals surface area contributed by atoms with E-state index in [1.807, 2.05) is 31.2 Å². The standard InChI is InChI=1S/C18H14F3N3OS2/c1-11-3-2-4-12(9-11)16-23-17(27-24-16)26-10-15(25)22-14-7-5-13(6-8-14)18(19,20)21/h2-9H,10H2,1H3,(H,22,25). The van der Waals surface area contributed by atoms with Crippen LogP contribution in [0.2, 0.25) is 0 Å². The minimum atomic E-state index is -4.40. The fourth-order valence-corrected chi connectivity index (χ4v) is 3.65. The van der Waals surface area contributed by atoms with Gasteiger partial charge in [-0.1, -0.05) is 35.5 Å². The van der Waals surface area contributed by atoms with Crippen molar-refractivity contribution in [2.45, 2.75) is 17.4 Å². The van der Waals surface area contributed by atoms with Crippen LogP contribution in [-0.2, 0) is 11.0 Å². The molecule has 0 saturated carbocycles. The molecule has 9 heteroatoms. The Labute approximate surface area is 162 Å². The van der Waals surface area contributed by atoms with Gasteiger partial charge in [-0.2, -0.15) is 17.5 Å². The van der Waals surface area contributed by atoms with Crippen molar-refractivity contribution in [1.29, 1.82) is 0 Å². The molecule has 0 fully saturated rings. The van der Waals surface area contributed by atoms with Gasteiger partial charge < -0.3 is 5.32 Å². The number of carbonyl (C=O) groups is 1. The van der Waals surface area contributed by atoms with Crippen LogP contribution in [0.4, 0.5) is 18.9 Å². The number of amides is 1. The van der Waals surface area contributed by atoms with Crippen molar-refractivity contribution in [3.05, 3.63) is 59.7 Å². The van der Waals surface area contributed by atoms with Crippen LogP contribution in [0.5, 0.6) is 0 Å². The zero-order chi connectivity index (χ0) is 19.4. The Balaban J connectivity index is 1.55. The second-order valence-electron chi connectivity index (χ2n) is 5.67. The first kappa shape index (κ1) is 19.4. The third kappa shape index (κ3) is 5.30. The molecule has 1 heterocycles. The van der Waals surface area contributed by atoms with Crippen molar-refractivity contribution in [3.8, 4) is 11.4 Å². The molecule has 3 rings (SSSR count).